The molecule has 3 aliphatic heterocycles. The zero-order chi connectivity index (χ0) is 24.0. The predicted octanol–water partition coefficient (Wildman–Crippen LogP) is 1.44. The molecule has 1 aromatic heterocycles. The fraction of sp³-hybridized carbons (Fsp3) is 0.435. The highest BCUT2D eigenvalue weighted by atomic mass is 16.6. The van der Waals surface area contributed by atoms with Crippen LogP contribution < -0.4 is 19.5 Å². The molecule has 1 amide bonds. The SMILES string of the molecule is COc1c(OCCCN2CCOCC2)ccc2c1N=C(NC(=O)Oc1cnccn1)N1CCN=C21. The van der Waals surface area contributed by atoms with Gasteiger partial charge in [0.05, 0.1) is 39.7 Å². The van der Waals surface area contributed by atoms with Crippen molar-refractivity contribution >= 4 is 23.6 Å². The molecule has 0 spiro atoms. The van der Waals surface area contributed by atoms with Crippen LogP contribution in [0.15, 0.2) is 40.7 Å². The lowest BCUT2D eigenvalue weighted by atomic mass is 10.1. The van der Waals surface area contributed by atoms with Crippen molar-refractivity contribution in [3.8, 4) is 17.4 Å². The first-order valence-electron chi connectivity index (χ1n) is 11.5. The van der Waals surface area contributed by atoms with Crippen molar-refractivity contribution in [3.05, 3.63) is 36.3 Å². The summed E-state index contributed by atoms with van der Waals surface area (Å²) in [5, 5.41) is 2.69. The molecule has 0 bridgehead atoms. The summed E-state index contributed by atoms with van der Waals surface area (Å²) in [5.41, 5.74) is 1.36. The quantitative estimate of drug-likeness (QED) is 0.585. The number of aromatic nitrogens is 2. The van der Waals surface area contributed by atoms with Gasteiger partial charge in [0.1, 0.15) is 11.5 Å². The van der Waals surface area contributed by atoms with E-state index in [0.717, 1.165) is 44.8 Å². The Balaban J connectivity index is 1.32. The van der Waals surface area contributed by atoms with E-state index in [0.29, 0.717) is 48.7 Å². The van der Waals surface area contributed by atoms with Crippen molar-refractivity contribution in [1.82, 2.24) is 25.1 Å². The third-order valence-corrected chi connectivity index (χ3v) is 5.79. The number of ether oxygens (including phenoxy) is 4. The van der Waals surface area contributed by atoms with E-state index in [4.69, 9.17) is 18.9 Å². The minimum Gasteiger partial charge on any atom is -0.491 e. The third kappa shape index (κ3) is 5.17. The number of carbonyl (C=O) groups excluding carboxylic acids is 1. The normalized spacial score (nSPS) is 17.1. The molecule has 0 atom stereocenters. The van der Waals surface area contributed by atoms with Gasteiger partial charge in [-0.15, -0.1) is 0 Å². The molecule has 1 aromatic carbocycles. The van der Waals surface area contributed by atoms with E-state index in [2.05, 4.69) is 30.2 Å². The van der Waals surface area contributed by atoms with Crippen molar-refractivity contribution in [2.24, 2.45) is 9.98 Å². The van der Waals surface area contributed by atoms with Crippen molar-refractivity contribution in [2.45, 2.75) is 6.42 Å². The Morgan fingerprint density at radius 3 is 2.89 bits per heavy atom. The molecule has 1 saturated heterocycles. The molecule has 2 aromatic rings. The smallest absolute Gasteiger partial charge is 0.420 e. The first-order valence-corrected chi connectivity index (χ1v) is 11.5. The molecule has 3 aliphatic rings. The van der Waals surface area contributed by atoms with Gasteiger partial charge in [0.2, 0.25) is 11.8 Å². The van der Waals surface area contributed by atoms with Gasteiger partial charge in [0.15, 0.2) is 11.5 Å². The summed E-state index contributed by atoms with van der Waals surface area (Å²) in [4.78, 5) is 33.8. The lowest BCUT2D eigenvalue weighted by Gasteiger charge is -2.28. The molecule has 1 fully saturated rings. The number of fused-ring (bicyclic) bond motifs is 3. The number of aliphatic imine (C=N–C) groups is 2. The zero-order valence-electron chi connectivity index (χ0n) is 19.5. The summed E-state index contributed by atoms with van der Waals surface area (Å²) in [6, 6.07) is 3.80. The Morgan fingerprint density at radius 2 is 2.09 bits per heavy atom. The Kier molecular flexibility index (Phi) is 7.00. The van der Waals surface area contributed by atoms with Crippen molar-refractivity contribution in [3.63, 3.8) is 0 Å². The van der Waals surface area contributed by atoms with Crippen molar-refractivity contribution in [1.29, 1.82) is 0 Å². The van der Waals surface area contributed by atoms with Gasteiger partial charge in [-0.3, -0.25) is 25.1 Å². The maximum Gasteiger partial charge on any atom is 0.420 e. The Labute approximate surface area is 202 Å². The largest absolute Gasteiger partial charge is 0.491 e. The number of methoxy groups -OCH3 is 1. The van der Waals surface area contributed by atoms with E-state index in [-0.39, 0.29) is 5.88 Å². The number of hydrogen-bond acceptors (Lipinski definition) is 11. The van der Waals surface area contributed by atoms with Crippen LogP contribution in [0.3, 0.4) is 0 Å². The molecule has 0 aliphatic carbocycles. The number of nitrogens with one attached hydrogen (secondary N) is 1. The first kappa shape index (κ1) is 23.0. The molecule has 0 saturated carbocycles. The highest BCUT2D eigenvalue weighted by Crippen LogP contribution is 2.43. The Bertz CT molecular complexity index is 1120. The van der Waals surface area contributed by atoms with Gasteiger partial charge in [-0.1, -0.05) is 0 Å². The number of morpholine rings is 1. The number of hydrogen-bond donors (Lipinski definition) is 1. The standard InChI is InChI=1S/C23H27N7O5/c1-32-20-17(34-12-2-8-29-10-13-33-14-11-29)4-3-16-19(20)27-22(30-9-7-26-21(16)30)28-23(31)35-18-15-24-5-6-25-18/h3-6,15H,2,7-14H2,1H3,(H,27,28,31). The summed E-state index contributed by atoms with van der Waals surface area (Å²) in [6.45, 7) is 6.11. The Hall–Kier alpha value is -3.77. The van der Waals surface area contributed by atoms with Gasteiger partial charge in [-0.2, -0.15) is 0 Å². The van der Waals surface area contributed by atoms with Crippen LogP contribution in [0.2, 0.25) is 0 Å². The second kappa shape index (κ2) is 10.7. The number of rotatable bonds is 7. The maximum atomic E-state index is 12.5. The van der Waals surface area contributed by atoms with Crippen LogP contribution in [0.1, 0.15) is 12.0 Å². The van der Waals surface area contributed by atoms with E-state index < -0.39 is 6.09 Å². The molecule has 35 heavy (non-hydrogen) atoms. The molecule has 1 N–H and O–H groups in total. The fourth-order valence-corrected chi connectivity index (χ4v) is 4.15. The number of carbonyl (C=O) groups is 1. The van der Waals surface area contributed by atoms with Gasteiger partial charge >= 0.3 is 6.09 Å². The summed E-state index contributed by atoms with van der Waals surface area (Å²) in [7, 11) is 1.57. The zero-order valence-corrected chi connectivity index (χ0v) is 19.5. The fourth-order valence-electron chi connectivity index (χ4n) is 4.15. The monoisotopic (exact) mass is 481 g/mol. The molecular formula is C23H27N7O5. The average molecular weight is 482 g/mol. The first-order chi connectivity index (χ1) is 17.2. The van der Waals surface area contributed by atoms with E-state index >= 15 is 0 Å². The summed E-state index contributed by atoms with van der Waals surface area (Å²) >= 11 is 0. The van der Waals surface area contributed by atoms with Crippen LogP contribution in [0.25, 0.3) is 0 Å². The van der Waals surface area contributed by atoms with Gasteiger partial charge in [0.25, 0.3) is 0 Å². The highest BCUT2D eigenvalue weighted by Gasteiger charge is 2.33. The average Bonchev–Trinajstić information content (AvgIpc) is 3.38. The number of guanidine groups is 1. The highest BCUT2D eigenvalue weighted by molar-refractivity contribution is 6.18. The third-order valence-electron chi connectivity index (χ3n) is 5.79. The molecule has 4 heterocycles. The van der Waals surface area contributed by atoms with Crippen LogP contribution in [0.4, 0.5) is 10.5 Å². The number of nitrogens with zero attached hydrogens (tertiary/aromatic N) is 6. The van der Waals surface area contributed by atoms with E-state index in [1.807, 2.05) is 17.0 Å². The molecule has 184 valence electrons. The minimum atomic E-state index is -0.728. The van der Waals surface area contributed by atoms with Crippen LogP contribution in [0, 0.1) is 0 Å². The lowest BCUT2D eigenvalue weighted by molar-refractivity contribution is 0.0357. The molecule has 12 nitrogen and oxygen atoms in total. The van der Waals surface area contributed by atoms with Crippen molar-refractivity contribution < 1.29 is 23.7 Å². The van der Waals surface area contributed by atoms with Crippen LogP contribution in [-0.2, 0) is 4.74 Å². The summed E-state index contributed by atoms with van der Waals surface area (Å²) in [5.74, 6) is 2.17. The predicted molar refractivity (Wildman–Crippen MR) is 127 cm³/mol. The van der Waals surface area contributed by atoms with Crippen LogP contribution in [-0.4, -0.2) is 97.3 Å². The lowest BCUT2D eigenvalue weighted by Crippen LogP contribution is -2.48. The number of benzene rings is 1. The van der Waals surface area contributed by atoms with Gasteiger partial charge in [-0.05, 0) is 18.6 Å². The van der Waals surface area contributed by atoms with E-state index in [9.17, 15) is 4.79 Å². The van der Waals surface area contributed by atoms with Crippen molar-refractivity contribution in [2.75, 3.05) is 59.7 Å². The van der Waals surface area contributed by atoms with Gasteiger partial charge < -0.3 is 18.9 Å². The molecule has 12 heteroatoms. The van der Waals surface area contributed by atoms with Crippen LogP contribution in [0.5, 0.6) is 17.4 Å². The number of amides is 1. The minimum absolute atomic E-state index is 0.0856. The second-order valence-corrected chi connectivity index (χ2v) is 8.00. The molecule has 0 unspecified atom stereocenters. The summed E-state index contributed by atoms with van der Waals surface area (Å²) in [6.07, 6.45) is 4.44. The number of amidine groups is 1. The van der Waals surface area contributed by atoms with E-state index in [1.165, 1.54) is 18.6 Å². The van der Waals surface area contributed by atoms with E-state index in [1.54, 1.807) is 7.11 Å². The van der Waals surface area contributed by atoms with Crippen LogP contribution >= 0.6 is 0 Å². The van der Waals surface area contributed by atoms with Gasteiger partial charge in [0, 0.05) is 44.1 Å². The second-order valence-electron chi connectivity index (χ2n) is 8.00. The Morgan fingerprint density at radius 1 is 1.20 bits per heavy atom. The van der Waals surface area contributed by atoms with Gasteiger partial charge in [-0.25, -0.2) is 14.8 Å². The molecule has 0 radical (unpaired) electrons. The maximum absolute atomic E-state index is 12.5. The topological polar surface area (TPSA) is 123 Å². The molecule has 5 rings (SSSR count). The molecular weight excluding hydrogens is 454 g/mol. The summed E-state index contributed by atoms with van der Waals surface area (Å²) < 4.78 is 22.4.